The first-order chi connectivity index (χ1) is 15.2. The number of hydrogen-bond acceptors (Lipinski definition) is 5. The number of sulfonamides is 1. The van der Waals surface area contributed by atoms with Crippen LogP contribution >= 0.6 is 0 Å². The average molecular weight is 458 g/mol. The highest BCUT2D eigenvalue weighted by atomic mass is 32.2. The zero-order valence-electron chi connectivity index (χ0n) is 18.2. The van der Waals surface area contributed by atoms with Crippen LogP contribution in [-0.4, -0.2) is 39.4 Å². The highest BCUT2D eigenvalue weighted by molar-refractivity contribution is 7.89. The molecule has 2 aliphatic rings. The summed E-state index contributed by atoms with van der Waals surface area (Å²) in [6, 6.07) is 9.98. The summed E-state index contributed by atoms with van der Waals surface area (Å²) in [5.41, 5.74) is 2.93. The minimum Gasteiger partial charge on any atom is -0.482 e. The largest absolute Gasteiger partial charge is 0.482 e. The Morgan fingerprint density at radius 2 is 1.88 bits per heavy atom. The van der Waals surface area contributed by atoms with Crippen molar-refractivity contribution in [3.05, 3.63) is 47.5 Å². The Balaban J connectivity index is 1.56. The summed E-state index contributed by atoms with van der Waals surface area (Å²) in [5.74, 6) is -0.425. The van der Waals surface area contributed by atoms with Crippen molar-refractivity contribution in [2.75, 3.05) is 23.4 Å². The number of carbonyl (C=O) groups is 2. The maximum absolute atomic E-state index is 12.9. The molecule has 0 spiro atoms. The van der Waals surface area contributed by atoms with Crippen molar-refractivity contribution in [3.63, 3.8) is 0 Å². The Labute approximate surface area is 188 Å². The molecule has 0 atom stereocenters. The lowest BCUT2D eigenvalue weighted by molar-refractivity contribution is -0.123. The van der Waals surface area contributed by atoms with Crippen LogP contribution in [0.2, 0.25) is 0 Å². The molecule has 170 valence electrons. The van der Waals surface area contributed by atoms with E-state index < -0.39 is 15.9 Å². The van der Waals surface area contributed by atoms with E-state index in [2.05, 4.69) is 10.0 Å². The maximum atomic E-state index is 12.9. The van der Waals surface area contributed by atoms with Gasteiger partial charge in [0.15, 0.2) is 6.61 Å². The Hall–Kier alpha value is -2.91. The second kappa shape index (κ2) is 8.91. The number of rotatable bonds is 6. The van der Waals surface area contributed by atoms with Crippen LogP contribution in [0, 0.1) is 13.8 Å². The van der Waals surface area contributed by atoms with Crippen molar-refractivity contribution in [1.29, 1.82) is 0 Å². The summed E-state index contributed by atoms with van der Waals surface area (Å²) in [4.78, 5) is 26.6. The molecule has 1 heterocycles. The van der Waals surface area contributed by atoms with E-state index in [9.17, 15) is 18.0 Å². The smallest absolute Gasteiger partial charge is 0.265 e. The molecule has 1 fully saturated rings. The van der Waals surface area contributed by atoms with E-state index in [1.165, 1.54) is 23.1 Å². The van der Waals surface area contributed by atoms with Gasteiger partial charge in [-0.05, 0) is 56.5 Å². The molecule has 4 rings (SSSR count). The van der Waals surface area contributed by atoms with Crippen molar-refractivity contribution in [2.24, 2.45) is 0 Å². The molecule has 0 radical (unpaired) electrons. The highest BCUT2D eigenvalue weighted by Crippen LogP contribution is 2.34. The molecule has 9 heteroatoms. The Morgan fingerprint density at radius 1 is 1.12 bits per heavy atom. The molecule has 32 heavy (non-hydrogen) atoms. The van der Waals surface area contributed by atoms with Crippen LogP contribution in [0.1, 0.15) is 36.8 Å². The summed E-state index contributed by atoms with van der Waals surface area (Å²) in [7, 11) is -3.75. The van der Waals surface area contributed by atoms with E-state index in [0.29, 0.717) is 11.4 Å². The number of amides is 2. The van der Waals surface area contributed by atoms with Crippen molar-refractivity contribution < 1.29 is 22.7 Å². The molecule has 1 aliphatic carbocycles. The number of nitrogens with zero attached hydrogens (tertiary/aromatic N) is 1. The van der Waals surface area contributed by atoms with Gasteiger partial charge in [-0.3, -0.25) is 14.5 Å². The molecule has 0 unspecified atom stereocenters. The van der Waals surface area contributed by atoms with E-state index in [0.717, 1.165) is 36.8 Å². The van der Waals surface area contributed by atoms with Gasteiger partial charge in [0, 0.05) is 11.7 Å². The summed E-state index contributed by atoms with van der Waals surface area (Å²) in [6.07, 6.45) is 3.64. The topological polar surface area (TPSA) is 105 Å². The van der Waals surface area contributed by atoms with Gasteiger partial charge in [-0.15, -0.1) is 0 Å². The minimum absolute atomic E-state index is 0.0428. The standard InChI is InChI=1S/C23H27N3O5S/c1-15-7-9-19(16(2)11-15)24-22(27)13-26-20-12-18(8-10-21(20)31-14-23(26)28)32(29,30)25-17-5-3-4-6-17/h7-12,17,25H,3-6,13-14H2,1-2H3,(H,24,27). The molecule has 0 bridgehead atoms. The molecular formula is C23H27N3O5S. The summed E-state index contributed by atoms with van der Waals surface area (Å²) >= 11 is 0. The second-order valence-corrected chi connectivity index (χ2v) is 10.1. The second-order valence-electron chi connectivity index (χ2n) is 8.37. The molecule has 1 aliphatic heterocycles. The molecular weight excluding hydrogens is 430 g/mol. The van der Waals surface area contributed by atoms with E-state index in [1.54, 1.807) is 0 Å². The van der Waals surface area contributed by atoms with Gasteiger partial charge in [-0.2, -0.15) is 0 Å². The molecule has 2 amide bonds. The summed E-state index contributed by atoms with van der Waals surface area (Å²) in [6.45, 7) is 3.40. The zero-order valence-corrected chi connectivity index (χ0v) is 19.0. The third-order valence-electron chi connectivity index (χ3n) is 5.82. The molecule has 1 saturated carbocycles. The normalized spacial score (nSPS) is 16.6. The number of nitrogens with one attached hydrogen (secondary N) is 2. The van der Waals surface area contributed by atoms with Crippen LogP contribution in [0.3, 0.4) is 0 Å². The SMILES string of the molecule is Cc1ccc(NC(=O)CN2C(=O)COc3ccc(S(=O)(=O)NC4CCCC4)cc32)c(C)c1. The fraction of sp³-hybridized carbons (Fsp3) is 0.391. The first-order valence-corrected chi connectivity index (χ1v) is 12.2. The zero-order chi connectivity index (χ0) is 22.9. The van der Waals surface area contributed by atoms with Gasteiger partial charge in [-0.1, -0.05) is 30.5 Å². The lowest BCUT2D eigenvalue weighted by Crippen LogP contribution is -2.43. The fourth-order valence-electron chi connectivity index (χ4n) is 4.14. The molecule has 2 aromatic rings. The number of fused-ring (bicyclic) bond motifs is 1. The summed E-state index contributed by atoms with van der Waals surface area (Å²) in [5, 5.41) is 2.82. The van der Waals surface area contributed by atoms with Gasteiger partial charge in [0.05, 0.1) is 10.6 Å². The predicted octanol–water partition coefficient (Wildman–Crippen LogP) is 2.89. The van der Waals surface area contributed by atoms with Crippen LogP contribution < -0.4 is 19.7 Å². The third kappa shape index (κ3) is 4.78. The van der Waals surface area contributed by atoms with Gasteiger partial charge >= 0.3 is 0 Å². The molecule has 0 saturated heterocycles. The van der Waals surface area contributed by atoms with Crippen LogP contribution in [0.15, 0.2) is 41.3 Å². The van der Waals surface area contributed by atoms with Crippen LogP contribution in [0.4, 0.5) is 11.4 Å². The summed E-state index contributed by atoms with van der Waals surface area (Å²) < 4.78 is 33.9. The van der Waals surface area contributed by atoms with E-state index in [4.69, 9.17) is 4.74 Å². The highest BCUT2D eigenvalue weighted by Gasteiger charge is 2.30. The third-order valence-corrected chi connectivity index (χ3v) is 7.34. The van der Waals surface area contributed by atoms with Crippen molar-refractivity contribution in [1.82, 2.24) is 4.72 Å². The Kier molecular flexibility index (Phi) is 6.21. The first kappa shape index (κ1) is 22.3. The van der Waals surface area contributed by atoms with Crippen molar-refractivity contribution in [3.8, 4) is 5.75 Å². The maximum Gasteiger partial charge on any atom is 0.265 e. The van der Waals surface area contributed by atoms with E-state index in [-0.39, 0.29) is 35.7 Å². The van der Waals surface area contributed by atoms with Gasteiger partial charge in [-0.25, -0.2) is 13.1 Å². The number of aryl methyl sites for hydroxylation is 2. The van der Waals surface area contributed by atoms with E-state index >= 15 is 0 Å². The lowest BCUT2D eigenvalue weighted by Gasteiger charge is -2.29. The lowest BCUT2D eigenvalue weighted by atomic mass is 10.1. The average Bonchev–Trinajstić information content (AvgIpc) is 3.24. The monoisotopic (exact) mass is 457 g/mol. The van der Waals surface area contributed by atoms with Crippen LogP contribution in [0.25, 0.3) is 0 Å². The number of ether oxygens (including phenoxy) is 1. The minimum atomic E-state index is -3.75. The Bertz CT molecular complexity index is 1160. The van der Waals surface area contributed by atoms with Crippen molar-refractivity contribution in [2.45, 2.75) is 50.5 Å². The van der Waals surface area contributed by atoms with Gasteiger partial charge in [0.2, 0.25) is 15.9 Å². The first-order valence-electron chi connectivity index (χ1n) is 10.7. The molecule has 8 nitrogen and oxygen atoms in total. The van der Waals surface area contributed by atoms with Gasteiger partial charge in [0.1, 0.15) is 12.3 Å². The number of carbonyl (C=O) groups excluding carboxylic acids is 2. The molecule has 0 aromatic heterocycles. The molecule has 2 N–H and O–H groups in total. The van der Waals surface area contributed by atoms with Crippen LogP contribution in [0.5, 0.6) is 5.75 Å². The fourth-order valence-corrected chi connectivity index (χ4v) is 5.47. The van der Waals surface area contributed by atoms with E-state index in [1.807, 2.05) is 32.0 Å². The Morgan fingerprint density at radius 3 is 2.59 bits per heavy atom. The predicted molar refractivity (Wildman–Crippen MR) is 121 cm³/mol. The quantitative estimate of drug-likeness (QED) is 0.694. The molecule has 2 aromatic carbocycles. The van der Waals surface area contributed by atoms with Gasteiger partial charge < -0.3 is 10.1 Å². The van der Waals surface area contributed by atoms with Crippen LogP contribution in [-0.2, 0) is 19.6 Å². The van der Waals surface area contributed by atoms with Crippen molar-refractivity contribution >= 4 is 33.2 Å². The number of hydrogen-bond donors (Lipinski definition) is 2. The number of anilines is 2. The van der Waals surface area contributed by atoms with Gasteiger partial charge in [0.25, 0.3) is 5.91 Å². The number of benzene rings is 2.